The number of non-ortho nitro benzene ring substituents is 1. The van der Waals surface area contributed by atoms with Gasteiger partial charge in [0, 0.05) is 23.9 Å². The largest absolute Gasteiger partial charge is 0.419 e. The highest BCUT2D eigenvalue weighted by atomic mass is 32.2. The first-order valence-electron chi connectivity index (χ1n) is 5.85. The summed E-state index contributed by atoms with van der Waals surface area (Å²) in [7, 11) is -1.84. The third-order valence-corrected chi connectivity index (χ3v) is 3.76. The van der Waals surface area contributed by atoms with E-state index in [0.29, 0.717) is 12.3 Å². The number of nitrogens with zero attached hydrogens (tertiary/aromatic N) is 2. The summed E-state index contributed by atoms with van der Waals surface area (Å²) in [6.07, 6.45) is -4.49. The summed E-state index contributed by atoms with van der Waals surface area (Å²) >= 11 is 0. The molecule has 0 aliphatic rings. The van der Waals surface area contributed by atoms with Crippen molar-refractivity contribution in [1.29, 1.82) is 0 Å². The van der Waals surface area contributed by atoms with Crippen LogP contribution in [-0.2, 0) is 17.2 Å². The van der Waals surface area contributed by atoms with Crippen LogP contribution in [0.1, 0.15) is 31.9 Å². The average Bonchev–Trinajstić information content (AvgIpc) is 2.34. The molecule has 0 heterocycles. The smallest absolute Gasteiger partial charge is 0.258 e. The van der Waals surface area contributed by atoms with E-state index >= 15 is 0 Å². The molecule has 0 saturated heterocycles. The average molecular weight is 340 g/mol. The third-order valence-electron chi connectivity index (χ3n) is 2.41. The topological polar surface area (TPSA) is 72.6 Å². The van der Waals surface area contributed by atoms with Gasteiger partial charge in [0.1, 0.15) is 16.8 Å². The lowest BCUT2D eigenvalue weighted by molar-refractivity contribution is -0.385. The SMILES string of the molecule is CC(C)(C)[S@@](=O)/N=C/c1cc([N+](=O)[O-])cc(C(F)(F)F)c1F. The van der Waals surface area contributed by atoms with E-state index in [1.165, 1.54) is 0 Å². The van der Waals surface area contributed by atoms with Gasteiger partial charge in [-0.25, -0.2) is 8.60 Å². The molecule has 0 radical (unpaired) electrons. The van der Waals surface area contributed by atoms with Crippen molar-refractivity contribution in [3.63, 3.8) is 0 Å². The van der Waals surface area contributed by atoms with E-state index in [4.69, 9.17) is 0 Å². The quantitative estimate of drug-likeness (QED) is 0.365. The summed E-state index contributed by atoms with van der Waals surface area (Å²) < 4.78 is 66.3. The minimum absolute atomic E-state index is 0.105. The monoisotopic (exact) mass is 340 g/mol. The van der Waals surface area contributed by atoms with Crippen molar-refractivity contribution in [2.45, 2.75) is 31.7 Å². The Kier molecular flexibility index (Phi) is 5.06. The van der Waals surface area contributed by atoms with Crippen LogP contribution in [0.3, 0.4) is 0 Å². The van der Waals surface area contributed by atoms with Crippen LogP contribution in [0.15, 0.2) is 16.5 Å². The van der Waals surface area contributed by atoms with Gasteiger partial charge in [-0.1, -0.05) is 0 Å². The Morgan fingerprint density at radius 3 is 2.23 bits per heavy atom. The number of hydrogen-bond acceptors (Lipinski definition) is 3. The first-order chi connectivity index (χ1) is 9.84. The second-order valence-corrected chi connectivity index (χ2v) is 7.18. The van der Waals surface area contributed by atoms with E-state index in [-0.39, 0.29) is 6.07 Å². The Bertz CT molecular complexity index is 651. The highest BCUT2D eigenvalue weighted by Gasteiger charge is 2.37. The zero-order valence-corrected chi connectivity index (χ0v) is 12.6. The van der Waals surface area contributed by atoms with Gasteiger partial charge in [-0.05, 0) is 20.8 Å². The van der Waals surface area contributed by atoms with Gasteiger partial charge < -0.3 is 0 Å². The Balaban J connectivity index is 3.42. The first kappa shape index (κ1) is 18.2. The summed E-state index contributed by atoms with van der Waals surface area (Å²) in [6.45, 7) is 4.68. The molecule has 0 spiro atoms. The fourth-order valence-electron chi connectivity index (χ4n) is 1.30. The van der Waals surface area contributed by atoms with Crippen molar-refractivity contribution in [3.05, 3.63) is 39.2 Å². The van der Waals surface area contributed by atoms with Crippen LogP contribution in [0, 0.1) is 15.9 Å². The number of nitro benzene ring substituents is 1. The molecule has 0 aliphatic carbocycles. The minimum atomic E-state index is -5.10. The molecule has 0 saturated carbocycles. The standard InChI is InChI=1S/C12H12F4N2O3S/c1-11(2,3)22(21)17-6-7-4-8(18(19)20)5-9(10(7)13)12(14,15)16/h4-6H,1-3H3/b17-6+/t22-/m1/s1. The summed E-state index contributed by atoms with van der Waals surface area (Å²) in [6, 6.07) is 0.710. The van der Waals surface area contributed by atoms with Gasteiger partial charge in [0.25, 0.3) is 5.69 Å². The molecular weight excluding hydrogens is 328 g/mol. The van der Waals surface area contributed by atoms with Gasteiger partial charge in [-0.15, -0.1) is 0 Å². The first-order valence-corrected chi connectivity index (χ1v) is 6.96. The molecule has 5 nitrogen and oxygen atoms in total. The third kappa shape index (κ3) is 4.33. The molecule has 0 bridgehead atoms. The van der Waals surface area contributed by atoms with Gasteiger partial charge >= 0.3 is 6.18 Å². The molecule has 0 amide bonds. The molecular formula is C12H12F4N2O3S. The molecule has 1 aromatic carbocycles. The van der Waals surface area contributed by atoms with Crippen LogP contribution in [0.4, 0.5) is 23.2 Å². The molecule has 0 aromatic heterocycles. The van der Waals surface area contributed by atoms with Crippen molar-refractivity contribution in [1.82, 2.24) is 0 Å². The molecule has 0 aliphatic heterocycles. The van der Waals surface area contributed by atoms with Gasteiger partial charge in [0.15, 0.2) is 0 Å². The molecule has 0 N–H and O–H groups in total. The number of rotatable bonds is 3. The Morgan fingerprint density at radius 2 is 1.82 bits per heavy atom. The molecule has 22 heavy (non-hydrogen) atoms. The van der Waals surface area contributed by atoms with E-state index < -0.39 is 49.5 Å². The second-order valence-electron chi connectivity index (χ2n) is 5.25. The summed E-state index contributed by atoms with van der Waals surface area (Å²) in [4.78, 5) is 9.58. The predicted molar refractivity (Wildman–Crippen MR) is 73.5 cm³/mol. The van der Waals surface area contributed by atoms with Crippen LogP contribution in [0.5, 0.6) is 0 Å². The Labute approximate surface area is 125 Å². The van der Waals surface area contributed by atoms with E-state index in [0.717, 1.165) is 0 Å². The van der Waals surface area contributed by atoms with E-state index in [1.807, 2.05) is 0 Å². The molecule has 0 unspecified atom stereocenters. The zero-order valence-electron chi connectivity index (χ0n) is 11.8. The van der Waals surface area contributed by atoms with Gasteiger partial charge in [0.05, 0.1) is 15.2 Å². The second kappa shape index (κ2) is 6.11. The summed E-state index contributed by atoms with van der Waals surface area (Å²) in [5.41, 5.74) is -3.46. The number of alkyl halides is 3. The van der Waals surface area contributed by atoms with Crippen LogP contribution < -0.4 is 0 Å². The number of benzene rings is 1. The lowest BCUT2D eigenvalue weighted by Crippen LogP contribution is -2.19. The maximum atomic E-state index is 13.8. The Hall–Kier alpha value is -1.84. The number of hydrogen-bond donors (Lipinski definition) is 0. The van der Waals surface area contributed by atoms with Crippen LogP contribution in [0.2, 0.25) is 0 Å². The molecule has 122 valence electrons. The van der Waals surface area contributed by atoms with E-state index in [1.54, 1.807) is 20.8 Å². The fraction of sp³-hybridized carbons (Fsp3) is 0.417. The summed E-state index contributed by atoms with van der Waals surface area (Å²) in [5.74, 6) is -1.70. The van der Waals surface area contributed by atoms with Crippen LogP contribution in [0.25, 0.3) is 0 Å². The van der Waals surface area contributed by atoms with Crippen molar-refractivity contribution >= 4 is 22.9 Å². The van der Waals surface area contributed by atoms with Gasteiger partial charge in [0.2, 0.25) is 0 Å². The molecule has 10 heteroatoms. The Morgan fingerprint density at radius 1 is 1.27 bits per heavy atom. The van der Waals surface area contributed by atoms with Crippen molar-refractivity contribution in [3.8, 4) is 0 Å². The van der Waals surface area contributed by atoms with E-state index in [2.05, 4.69) is 4.40 Å². The van der Waals surface area contributed by atoms with Crippen molar-refractivity contribution in [2.24, 2.45) is 4.40 Å². The van der Waals surface area contributed by atoms with Crippen molar-refractivity contribution < 1.29 is 26.7 Å². The van der Waals surface area contributed by atoms with Crippen LogP contribution in [-0.4, -0.2) is 20.1 Å². The lowest BCUT2D eigenvalue weighted by atomic mass is 10.1. The molecule has 1 rings (SSSR count). The number of halogens is 4. The lowest BCUT2D eigenvalue weighted by Gasteiger charge is -2.13. The molecule has 0 fully saturated rings. The fourth-order valence-corrected chi connectivity index (χ4v) is 1.83. The van der Waals surface area contributed by atoms with Gasteiger partial charge in [-0.2, -0.15) is 17.6 Å². The van der Waals surface area contributed by atoms with Crippen molar-refractivity contribution in [2.75, 3.05) is 0 Å². The highest BCUT2D eigenvalue weighted by Crippen LogP contribution is 2.35. The molecule has 1 atom stereocenters. The zero-order chi connectivity index (χ0) is 17.3. The van der Waals surface area contributed by atoms with Gasteiger partial charge in [-0.3, -0.25) is 10.1 Å². The van der Waals surface area contributed by atoms with Crippen LogP contribution >= 0.6 is 0 Å². The summed E-state index contributed by atoms with van der Waals surface area (Å²) in [5, 5.41) is 10.7. The normalized spacial score (nSPS) is 14.3. The number of nitro groups is 1. The predicted octanol–water partition coefficient (Wildman–Crippen LogP) is 3.63. The highest BCUT2D eigenvalue weighted by molar-refractivity contribution is 7.85. The minimum Gasteiger partial charge on any atom is -0.258 e. The van der Waals surface area contributed by atoms with E-state index in [9.17, 15) is 31.9 Å². The maximum Gasteiger partial charge on any atom is 0.419 e. The maximum absolute atomic E-state index is 13.8. The molecule has 1 aromatic rings.